The molecule has 3 N–H and O–H groups in total. The molecule has 0 aliphatic carbocycles. The van der Waals surface area contributed by atoms with Gasteiger partial charge in [0.2, 0.25) is 0 Å². The Morgan fingerprint density at radius 2 is 2.12 bits per heavy atom. The number of pyridine rings is 1. The highest BCUT2D eigenvalue weighted by Crippen LogP contribution is 2.24. The van der Waals surface area contributed by atoms with Gasteiger partial charge in [0.25, 0.3) is 0 Å². The van der Waals surface area contributed by atoms with Crippen LogP contribution in [-0.4, -0.2) is 4.98 Å². The fraction of sp³-hybridized carbons (Fsp3) is 0.250. The van der Waals surface area contributed by atoms with E-state index in [0.29, 0.717) is 0 Å². The zero-order chi connectivity index (χ0) is 11.4. The van der Waals surface area contributed by atoms with Gasteiger partial charge in [-0.1, -0.05) is 0 Å². The first-order chi connectivity index (χ1) is 7.81. The van der Waals surface area contributed by atoms with Gasteiger partial charge in [-0.25, -0.2) is 0 Å². The van der Waals surface area contributed by atoms with Gasteiger partial charge in [0.15, 0.2) is 0 Å². The van der Waals surface area contributed by atoms with Gasteiger partial charge in [-0.15, -0.1) is 0 Å². The topological polar surface area (TPSA) is 50.9 Å². The van der Waals surface area contributed by atoms with E-state index in [0.717, 1.165) is 6.42 Å². The van der Waals surface area contributed by atoms with Crippen LogP contribution in [0.1, 0.15) is 22.7 Å². The van der Waals surface area contributed by atoms with Crippen LogP contribution in [0.2, 0.25) is 0 Å². The summed E-state index contributed by atoms with van der Waals surface area (Å²) in [5.74, 6) is 5.62. The monoisotopic (exact) mass is 233 g/mol. The van der Waals surface area contributed by atoms with Crippen molar-refractivity contribution in [2.24, 2.45) is 5.84 Å². The molecule has 0 bridgehead atoms. The molecule has 0 aromatic carbocycles. The molecule has 84 valence electrons. The maximum Gasteiger partial charge on any atom is 0.0511 e. The number of hydrogen-bond donors (Lipinski definition) is 2. The Hall–Kier alpha value is -1.23. The number of hydrazine groups is 1. The van der Waals surface area contributed by atoms with Gasteiger partial charge < -0.3 is 0 Å². The van der Waals surface area contributed by atoms with Crippen LogP contribution in [0.3, 0.4) is 0 Å². The first kappa shape index (κ1) is 11.3. The van der Waals surface area contributed by atoms with Gasteiger partial charge in [0.05, 0.1) is 6.04 Å². The first-order valence-corrected chi connectivity index (χ1v) is 6.13. The number of aromatic nitrogens is 1. The normalized spacial score (nSPS) is 12.6. The Bertz CT molecular complexity index is 439. The summed E-state index contributed by atoms with van der Waals surface area (Å²) in [7, 11) is 0. The predicted octanol–water partition coefficient (Wildman–Crippen LogP) is 2.20. The maximum atomic E-state index is 5.62. The van der Waals surface area contributed by atoms with Crippen molar-refractivity contribution in [3.8, 4) is 0 Å². The summed E-state index contributed by atoms with van der Waals surface area (Å²) in [6.45, 7) is 2.11. The first-order valence-electron chi connectivity index (χ1n) is 5.19. The Labute approximate surface area is 99.3 Å². The summed E-state index contributed by atoms with van der Waals surface area (Å²) in [6, 6.07) is 4.21. The lowest BCUT2D eigenvalue weighted by molar-refractivity contribution is 0.551. The second-order valence-corrected chi connectivity index (χ2v) is 4.53. The molecule has 0 aliphatic rings. The SMILES string of the molecule is Cc1cscc1C(Cc1ccncc1)NN. The number of thiophene rings is 1. The van der Waals surface area contributed by atoms with E-state index in [4.69, 9.17) is 5.84 Å². The number of nitrogens with one attached hydrogen (secondary N) is 1. The third kappa shape index (κ3) is 2.47. The molecule has 2 aromatic heterocycles. The van der Waals surface area contributed by atoms with Gasteiger partial charge in [0, 0.05) is 12.4 Å². The molecule has 2 rings (SSSR count). The maximum absolute atomic E-state index is 5.62. The molecule has 0 aliphatic heterocycles. The number of rotatable bonds is 4. The van der Waals surface area contributed by atoms with Crippen LogP contribution in [0.25, 0.3) is 0 Å². The van der Waals surface area contributed by atoms with Gasteiger partial charge in [-0.05, 0) is 52.9 Å². The van der Waals surface area contributed by atoms with Crippen molar-refractivity contribution >= 4 is 11.3 Å². The highest BCUT2D eigenvalue weighted by molar-refractivity contribution is 7.08. The fourth-order valence-electron chi connectivity index (χ4n) is 1.74. The van der Waals surface area contributed by atoms with E-state index >= 15 is 0 Å². The second-order valence-electron chi connectivity index (χ2n) is 3.79. The number of nitrogens with two attached hydrogens (primary N) is 1. The lowest BCUT2D eigenvalue weighted by atomic mass is 10.00. The second kappa shape index (κ2) is 5.21. The third-order valence-electron chi connectivity index (χ3n) is 2.66. The molecule has 1 unspecified atom stereocenters. The van der Waals surface area contributed by atoms with Crippen LogP contribution in [0.5, 0.6) is 0 Å². The summed E-state index contributed by atoms with van der Waals surface area (Å²) in [5, 5.41) is 4.30. The van der Waals surface area contributed by atoms with Gasteiger partial charge in [0.1, 0.15) is 0 Å². The number of aryl methyl sites for hydroxylation is 1. The van der Waals surface area contributed by atoms with Gasteiger partial charge >= 0.3 is 0 Å². The Morgan fingerprint density at radius 1 is 1.38 bits per heavy atom. The van der Waals surface area contributed by atoms with Crippen molar-refractivity contribution in [3.63, 3.8) is 0 Å². The molecular weight excluding hydrogens is 218 g/mol. The van der Waals surface area contributed by atoms with E-state index < -0.39 is 0 Å². The molecule has 2 heterocycles. The average molecular weight is 233 g/mol. The van der Waals surface area contributed by atoms with Crippen molar-refractivity contribution in [2.75, 3.05) is 0 Å². The molecule has 0 amide bonds. The molecule has 0 radical (unpaired) electrons. The Morgan fingerprint density at radius 3 is 2.69 bits per heavy atom. The van der Waals surface area contributed by atoms with Crippen molar-refractivity contribution in [1.82, 2.24) is 10.4 Å². The largest absolute Gasteiger partial charge is 0.271 e. The summed E-state index contributed by atoms with van der Waals surface area (Å²) in [5.41, 5.74) is 6.69. The molecule has 0 saturated carbocycles. The van der Waals surface area contributed by atoms with E-state index in [1.165, 1.54) is 16.7 Å². The minimum absolute atomic E-state index is 0.175. The smallest absolute Gasteiger partial charge is 0.0511 e. The van der Waals surface area contributed by atoms with Crippen molar-refractivity contribution in [1.29, 1.82) is 0 Å². The van der Waals surface area contributed by atoms with Crippen LogP contribution in [-0.2, 0) is 6.42 Å². The van der Waals surface area contributed by atoms with Crippen LogP contribution in [0, 0.1) is 6.92 Å². The number of hydrogen-bond acceptors (Lipinski definition) is 4. The highest BCUT2D eigenvalue weighted by Gasteiger charge is 2.13. The molecule has 16 heavy (non-hydrogen) atoms. The fourth-order valence-corrected chi connectivity index (χ4v) is 2.65. The van der Waals surface area contributed by atoms with E-state index in [2.05, 4.69) is 28.1 Å². The molecule has 0 fully saturated rings. The predicted molar refractivity (Wildman–Crippen MR) is 67.1 cm³/mol. The quantitative estimate of drug-likeness (QED) is 0.629. The van der Waals surface area contributed by atoms with E-state index in [1.54, 1.807) is 11.3 Å². The summed E-state index contributed by atoms with van der Waals surface area (Å²) < 4.78 is 0. The molecular formula is C12H15N3S. The van der Waals surface area contributed by atoms with E-state index in [9.17, 15) is 0 Å². The lowest BCUT2D eigenvalue weighted by Gasteiger charge is -2.15. The van der Waals surface area contributed by atoms with Crippen LogP contribution in [0.15, 0.2) is 35.3 Å². The third-order valence-corrected chi connectivity index (χ3v) is 3.54. The summed E-state index contributed by atoms with van der Waals surface area (Å²) >= 11 is 1.71. The molecule has 3 nitrogen and oxygen atoms in total. The highest BCUT2D eigenvalue weighted by atomic mass is 32.1. The van der Waals surface area contributed by atoms with Gasteiger partial charge in [-0.2, -0.15) is 11.3 Å². The standard InChI is InChI=1S/C12H15N3S/c1-9-7-16-8-11(9)12(15-13)6-10-2-4-14-5-3-10/h2-5,7-8,12,15H,6,13H2,1H3. The van der Waals surface area contributed by atoms with Crippen molar-refractivity contribution in [3.05, 3.63) is 52.0 Å². The Kier molecular flexibility index (Phi) is 3.66. The zero-order valence-corrected chi connectivity index (χ0v) is 10.00. The summed E-state index contributed by atoms with van der Waals surface area (Å²) in [4.78, 5) is 4.01. The molecule has 1 atom stereocenters. The number of nitrogens with zero attached hydrogens (tertiary/aromatic N) is 1. The molecule has 0 saturated heterocycles. The van der Waals surface area contributed by atoms with Crippen LogP contribution < -0.4 is 11.3 Å². The van der Waals surface area contributed by atoms with Gasteiger partial charge in [-0.3, -0.25) is 16.3 Å². The molecule has 4 heteroatoms. The minimum Gasteiger partial charge on any atom is -0.271 e. The zero-order valence-electron chi connectivity index (χ0n) is 9.18. The van der Waals surface area contributed by atoms with Crippen LogP contribution in [0.4, 0.5) is 0 Å². The summed E-state index contributed by atoms with van der Waals surface area (Å²) in [6.07, 6.45) is 4.50. The molecule has 0 spiro atoms. The Balaban J connectivity index is 2.16. The van der Waals surface area contributed by atoms with E-state index in [1.807, 2.05) is 24.5 Å². The average Bonchev–Trinajstić information content (AvgIpc) is 2.74. The lowest BCUT2D eigenvalue weighted by Crippen LogP contribution is -2.29. The van der Waals surface area contributed by atoms with Crippen LogP contribution >= 0.6 is 11.3 Å². The molecule has 2 aromatic rings. The van der Waals surface area contributed by atoms with Crippen molar-refractivity contribution in [2.45, 2.75) is 19.4 Å². The minimum atomic E-state index is 0.175. The van der Waals surface area contributed by atoms with Crippen molar-refractivity contribution < 1.29 is 0 Å². The van der Waals surface area contributed by atoms with E-state index in [-0.39, 0.29) is 6.04 Å².